The fraction of sp³-hybridized carbons (Fsp3) is 0.750. The number of carbonyl (C=O) groups excluding carboxylic acids is 2. The zero-order valence-corrected chi connectivity index (χ0v) is 8.65. The number of hydrogen-bond acceptors (Lipinski definition) is 2. The van der Waals surface area contributed by atoms with Gasteiger partial charge >= 0.3 is 11.8 Å². The zero-order valence-electron chi connectivity index (χ0n) is 7.89. The minimum Gasteiger partial charge on any atom is -0.347 e. The summed E-state index contributed by atoms with van der Waals surface area (Å²) in [5.41, 5.74) is 0. The highest BCUT2D eigenvalue weighted by atomic mass is 35.5. The van der Waals surface area contributed by atoms with Crippen molar-refractivity contribution in [2.75, 3.05) is 12.4 Å². The quantitative estimate of drug-likeness (QED) is 0.512. The Hall–Kier alpha value is -0.770. The van der Waals surface area contributed by atoms with Crippen LogP contribution in [-0.2, 0) is 9.59 Å². The van der Waals surface area contributed by atoms with Crippen molar-refractivity contribution in [3.05, 3.63) is 0 Å². The first-order valence-corrected chi connectivity index (χ1v) is 4.79. The van der Waals surface area contributed by atoms with E-state index in [1.807, 2.05) is 13.8 Å². The van der Waals surface area contributed by atoms with Crippen LogP contribution in [0.15, 0.2) is 0 Å². The van der Waals surface area contributed by atoms with Crippen LogP contribution in [0.1, 0.15) is 20.3 Å². The van der Waals surface area contributed by atoms with Crippen LogP contribution in [0.5, 0.6) is 0 Å². The van der Waals surface area contributed by atoms with Crippen molar-refractivity contribution in [3.63, 3.8) is 0 Å². The third-order valence-corrected chi connectivity index (χ3v) is 1.77. The van der Waals surface area contributed by atoms with E-state index in [4.69, 9.17) is 11.6 Å². The molecule has 2 N–H and O–H groups in total. The predicted octanol–water partition coefficient (Wildman–Crippen LogP) is 0.256. The summed E-state index contributed by atoms with van der Waals surface area (Å²) in [5.74, 6) is -0.914. The summed E-state index contributed by atoms with van der Waals surface area (Å²) in [6.07, 6.45) is 0.800. The summed E-state index contributed by atoms with van der Waals surface area (Å²) in [7, 11) is 0. The number of halogens is 1. The molecule has 0 fully saturated rings. The maximum Gasteiger partial charge on any atom is 0.309 e. The van der Waals surface area contributed by atoms with Gasteiger partial charge in [-0.1, -0.05) is 6.92 Å². The van der Waals surface area contributed by atoms with E-state index < -0.39 is 11.8 Å². The molecule has 5 heteroatoms. The second kappa shape index (κ2) is 6.71. The lowest BCUT2D eigenvalue weighted by atomic mass is 10.2. The van der Waals surface area contributed by atoms with Gasteiger partial charge in [-0.15, -0.1) is 11.6 Å². The van der Waals surface area contributed by atoms with E-state index >= 15 is 0 Å². The Labute approximate surface area is 83.0 Å². The molecule has 0 saturated carbocycles. The molecule has 0 bridgehead atoms. The fourth-order valence-electron chi connectivity index (χ4n) is 0.632. The van der Waals surface area contributed by atoms with E-state index in [1.165, 1.54) is 0 Å². The molecule has 2 amide bonds. The van der Waals surface area contributed by atoms with Gasteiger partial charge in [-0.2, -0.15) is 0 Å². The van der Waals surface area contributed by atoms with Crippen LogP contribution >= 0.6 is 11.6 Å². The number of amides is 2. The third kappa shape index (κ3) is 5.47. The van der Waals surface area contributed by atoms with Crippen molar-refractivity contribution in [1.29, 1.82) is 0 Å². The lowest BCUT2D eigenvalue weighted by Gasteiger charge is -2.10. The molecule has 0 aromatic heterocycles. The minimum absolute atomic E-state index is 0.0225. The van der Waals surface area contributed by atoms with E-state index in [1.54, 1.807) is 0 Å². The molecule has 0 aliphatic heterocycles. The second-order valence-electron chi connectivity index (χ2n) is 2.73. The summed E-state index contributed by atoms with van der Waals surface area (Å²) < 4.78 is 0. The zero-order chi connectivity index (χ0) is 10.3. The van der Waals surface area contributed by atoms with E-state index in [0.29, 0.717) is 12.4 Å². The first-order valence-electron chi connectivity index (χ1n) is 4.26. The minimum atomic E-state index is -0.624. The average Bonchev–Trinajstić information content (AvgIpc) is 2.13. The van der Waals surface area contributed by atoms with Gasteiger partial charge in [-0.05, 0) is 13.3 Å². The van der Waals surface area contributed by atoms with Crippen LogP contribution in [0, 0.1) is 0 Å². The highest BCUT2D eigenvalue weighted by molar-refractivity contribution is 6.35. The molecule has 4 nitrogen and oxygen atoms in total. The monoisotopic (exact) mass is 206 g/mol. The van der Waals surface area contributed by atoms with Gasteiger partial charge in [0.2, 0.25) is 0 Å². The van der Waals surface area contributed by atoms with Crippen molar-refractivity contribution >= 4 is 23.4 Å². The van der Waals surface area contributed by atoms with Gasteiger partial charge in [0, 0.05) is 18.5 Å². The molecule has 13 heavy (non-hydrogen) atoms. The lowest BCUT2D eigenvalue weighted by Crippen LogP contribution is -2.43. The topological polar surface area (TPSA) is 58.2 Å². The molecule has 0 aliphatic rings. The van der Waals surface area contributed by atoms with E-state index in [0.717, 1.165) is 6.42 Å². The van der Waals surface area contributed by atoms with Gasteiger partial charge in [0.25, 0.3) is 0 Å². The molecule has 76 valence electrons. The smallest absolute Gasteiger partial charge is 0.309 e. The Morgan fingerprint density at radius 2 is 2.00 bits per heavy atom. The number of alkyl halides is 1. The maximum absolute atomic E-state index is 11.1. The van der Waals surface area contributed by atoms with Gasteiger partial charge in [0.15, 0.2) is 0 Å². The first-order chi connectivity index (χ1) is 6.11. The number of rotatable bonds is 4. The molecule has 0 saturated heterocycles. The number of nitrogens with one attached hydrogen (secondary N) is 2. The van der Waals surface area contributed by atoms with Gasteiger partial charge in [0.05, 0.1) is 0 Å². The molecule has 0 aromatic rings. The van der Waals surface area contributed by atoms with Crippen LogP contribution in [-0.4, -0.2) is 30.3 Å². The summed E-state index contributed by atoms with van der Waals surface area (Å²) in [6, 6.07) is 0.0225. The Bertz CT molecular complexity index is 185. The molecule has 0 rings (SSSR count). The van der Waals surface area contributed by atoms with Crippen molar-refractivity contribution in [2.45, 2.75) is 26.3 Å². The van der Waals surface area contributed by atoms with Gasteiger partial charge < -0.3 is 10.6 Å². The summed E-state index contributed by atoms with van der Waals surface area (Å²) in [5, 5.41) is 4.92. The fourth-order valence-corrected chi connectivity index (χ4v) is 0.727. The van der Waals surface area contributed by atoms with Crippen molar-refractivity contribution in [2.24, 2.45) is 0 Å². The molecule has 0 radical (unpaired) electrons. The Morgan fingerprint density at radius 1 is 1.38 bits per heavy atom. The number of hydrogen-bond donors (Lipinski definition) is 2. The van der Waals surface area contributed by atoms with Gasteiger partial charge in [0.1, 0.15) is 0 Å². The Balaban J connectivity index is 3.76. The van der Waals surface area contributed by atoms with Crippen LogP contribution < -0.4 is 10.6 Å². The van der Waals surface area contributed by atoms with Crippen LogP contribution in [0.25, 0.3) is 0 Å². The number of carbonyl (C=O) groups is 2. The van der Waals surface area contributed by atoms with E-state index in [-0.39, 0.29) is 6.04 Å². The van der Waals surface area contributed by atoms with Crippen molar-refractivity contribution < 1.29 is 9.59 Å². The standard InChI is InChI=1S/C8H15ClN2O2/c1-3-6(2)11-8(13)7(12)10-5-4-9/h6H,3-5H2,1-2H3,(H,10,12)(H,11,13). The van der Waals surface area contributed by atoms with Gasteiger partial charge in [-0.25, -0.2) is 0 Å². The van der Waals surface area contributed by atoms with Gasteiger partial charge in [-0.3, -0.25) is 9.59 Å². The second-order valence-corrected chi connectivity index (χ2v) is 3.11. The van der Waals surface area contributed by atoms with Crippen LogP contribution in [0.2, 0.25) is 0 Å². The summed E-state index contributed by atoms with van der Waals surface area (Å²) >= 11 is 5.34. The van der Waals surface area contributed by atoms with Crippen molar-refractivity contribution in [3.8, 4) is 0 Å². The van der Waals surface area contributed by atoms with E-state index in [2.05, 4.69) is 10.6 Å². The molecular formula is C8H15ClN2O2. The van der Waals surface area contributed by atoms with Crippen LogP contribution in [0.4, 0.5) is 0 Å². The van der Waals surface area contributed by atoms with E-state index in [9.17, 15) is 9.59 Å². The molecular weight excluding hydrogens is 192 g/mol. The SMILES string of the molecule is CCC(C)NC(=O)C(=O)NCCCl. The predicted molar refractivity (Wildman–Crippen MR) is 51.6 cm³/mol. The molecule has 0 heterocycles. The summed E-state index contributed by atoms with van der Waals surface area (Å²) in [4.78, 5) is 22.0. The molecule has 0 aliphatic carbocycles. The Kier molecular flexibility index (Phi) is 6.32. The maximum atomic E-state index is 11.1. The average molecular weight is 207 g/mol. The molecule has 0 aromatic carbocycles. The normalized spacial score (nSPS) is 11.9. The Morgan fingerprint density at radius 3 is 2.46 bits per heavy atom. The molecule has 0 spiro atoms. The van der Waals surface area contributed by atoms with Crippen molar-refractivity contribution in [1.82, 2.24) is 10.6 Å². The van der Waals surface area contributed by atoms with Crippen LogP contribution in [0.3, 0.4) is 0 Å². The largest absolute Gasteiger partial charge is 0.347 e. The third-order valence-electron chi connectivity index (χ3n) is 1.58. The highest BCUT2D eigenvalue weighted by Gasteiger charge is 2.13. The first kappa shape index (κ1) is 12.2. The highest BCUT2D eigenvalue weighted by Crippen LogP contribution is 1.86. The molecule has 1 unspecified atom stereocenters. The lowest BCUT2D eigenvalue weighted by molar-refractivity contribution is -0.139. The summed E-state index contributed by atoms with van der Waals surface area (Å²) in [6.45, 7) is 4.09. The molecule has 1 atom stereocenters.